The summed E-state index contributed by atoms with van der Waals surface area (Å²) in [5, 5.41) is 0. The van der Waals surface area contributed by atoms with E-state index in [-0.39, 0.29) is 12.8 Å². The van der Waals surface area contributed by atoms with E-state index >= 15 is 0 Å². The first-order valence-electron chi connectivity index (χ1n) is 4.86. The van der Waals surface area contributed by atoms with Gasteiger partial charge in [0.05, 0.1) is 19.8 Å². The van der Waals surface area contributed by atoms with Gasteiger partial charge in [-0.1, -0.05) is 0 Å². The average Bonchev–Trinajstić information content (AvgIpc) is 2.20. The van der Waals surface area contributed by atoms with Crippen LogP contribution in [0.5, 0.6) is 0 Å². The fourth-order valence-electron chi connectivity index (χ4n) is 1.18. The first kappa shape index (κ1) is 11.4. The molecule has 0 unspecified atom stereocenters. The zero-order chi connectivity index (χ0) is 10.2. The van der Waals surface area contributed by atoms with E-state index in [2.05, 4.69) is 0 Å². The largest absolute Gasteiger partial charge is 0.438 e. The van der Waals surface area contributed by atoms with Crippen LogP contribution in [0.25, 0.3) is 0 Å². The van der Waals surface area contributed by atoms with E-state index in [1.54, 1.807) is 0 Å². The quantitative estimate of drug-likeness (QED) is 0.353. The van der Waals surface area contributed by atoms with Crippen LogP contribution in [0, 0.1) is 0 Å². The Hall–Kier alpha value is -0.650. The predicted octanol–water partition coefficient (Wildman–Crippen LogP) is -0.144. The van der Waals surface area contributed by atoms with Crippen molar-refractivity contribution in [2.45, 2.75) is 6.92 Å². The number of ether oxygens (including phenoxy) is 3. The maximum Gasteiger partial charge on any atom is 0.322 e. The first-order chi connectivity index (χ1) is 6.83. The van der Waals surface area contributed by atoms with E-state index in [9.17, 15) is 4.79 Å². The normalized spacial score (nSPS) is 18.1. The van der Waals surface area contributed by atoms with Crippen molar-refractivity contribution in [1.82, 2.24) is 4.90 Å². The van der Waals surface area contributed by atoms with Crippen molar-refractivity contribution < 1.29 is 19.0 Å². The van der Waals surface area contributed by atoms with E-state index < -0.39 is 0 Å². The third kappa shape index (κ3) is 4.55. The number of nitrogens with zero attached hydrogens (tertiary/aromatic N) is 1. The third-order valence-corrected chi connectivity index (χ3v) is 1.96. The summed E-state index contributed by atoms with van der Waals surface area (Å²) in [5.41, 5.74) is 0. The molecule has 1 fully saturated rings. The molecule has 1 aliphatic heterocycles. The lowest BCUT2D eigenvalue weighted by molar-refractivity contribution is -0.158. The Labute approximate surface area is 83.9 Å². The molecule has 0 aliphatic carbocycles. The maximum absolute atomic E-state index is 11.2. The van der Waals surface area contributed by atoms with Gasteiger partial charge in [0.2, 0.25) is 0 Å². The highest BCUT2D eigenvalue weighted by atomic mass is 16.7. The lowest BCUT2D eigenvalue weighted by atomic mass is 10.4. The average molecular weight is 203 g/mol. The Bertz CT molecular complexity index is 168. The molecular formula is C9H17NO4. The SMILES string of the molecule is CCOCOC(=O)CN1CCOCC1. The molecule has 1 heterocycles. The number of carbonyl (C=O) groups is 1. The fourth-order valence-corrected chi connectivity index (χ4v) is 1.18. The molecule has 0 radical (unpaired) electrons. The van der Waals surface area contributed by atoms with Crippen LogP contribution in [0.15, 0.2) is 0 Å². The molecule has 0 N–H and O–H groups in total. The molecular weight excluding hydrogens is 186 g/mol. The third-order valence-electron chi connectivity index (χ3n) is 1.96. The van der Waals surface area contributed by atoms with Crippen LogP contribution in [0.1, 0.15) is 6.92 Å². The molecule has 0 amide bonds. The lowest BCUT2D eigenvalue weighted by Crippen LogP contribution is -2.40. The zero-order valence-corrected chi connectivity index (χ0v) is 8.53. The molecule has 0 aromatic heterocycles. The van der Waals surface area contributed by atoms with Gasteiger partial charge in [-0.25, -0.2) is 0 Å². The van der Waals surface area contributed by atoms with Gasteiger partial charge in [-0.2, -0.15) is 0 Å². The molecule has 14 heavy (non-hydrogen) atoms. The fraction of sp³-hybridized carbons (Fsp3) is 0.889. The lowest BCUT2D eigenvalue weighted by Gasteiger charge is -2.25. The van der Waals surface area contributed by atoms with Crippen LogP contribution in [-0.4, -0.2) is 57.1 Å². The van der Waals surface area contributed by atoms with Gasteiger partial charge in [0.25, 0.3) is 0 Å². The molecule has 0 bridgehead atoms. The van der Waals surface area contributed by atoms with Crippen LogP contribution in [0.4, 0.5) is 0 Å². The van der Waals surface area contributed by atoms with Crippen LogP contribution in [0.2, 0.25) is 0 Å². The van der Waals surface area contributed by atoms with Crippen LogP contribution in [-0.2, 0) is 19.0 Å². The molecule has 0 aromatic carbocycles. The molecule has 0 spiro atoms. The topological polar surface area (TPSA) is 48.0 Å². The second kappa shape index (κ2) is 6.75. The smallest absolute Gasteiger partial charge is 0.322 e. The van der Waals surface area contributed by atoms with E-state index in [0.717, 1.165) is 13.1 Å². The van der Waals surface area contributed by atoms with Gasteiger partial charge < -0.3 is 14.2 Å². The summed E-state index contributed by atoms with van der Waals surface area (Å²) in [4.78, 5) is 13.2. The maximum atomic E-state index is 11.2. The van der Waals surface area contributed by atoms with Gasteiger partial charge in [0.1, 0.15) is 0 Å². The van der Waals surface area contributed by atoms with E-state index in [4.69, 9.17) is 14.2 Å². The van der Waals surface area contributed by atoms with Crippen LogP contribution in [0.3, 0.4) is 0 Å². The number of esters is 1. The molecule has 5 nitrogen and oxygen atoms in total. The van der Waals surface area contributed by atoms with E-state index in [0.29, 0.717) is 26.4 Å². The van der Waals surface area contributed by atoms with Crippen LogP contribution >= 0.6 is 0 Å². The Kier molecular flexibility index (Phi) is 5.51. The summed E-state index contributed by atoms with van der Waals surface area (Å²) in [5.74, 6) is -0.236. The number of carbonyl (C=O) groups excluding carboxylic acids is 1. The minimum Gasteiger partial charge on any atom is -0.438 e. The summed E-state index contributed by atoms with van der Waals surface area (Å²) in [6, 6.07) is 0. The van der Waals surface area contributed by atoms with Gasteiger partial charge in [-0.3, -0.25) is 9.69 Å². The number of morpholine rings is 1. The minimum atomic E-state index is -0.236. The molecule has 1 rings (SSSR count). The van der Waals surface area contributed by atoms with Crippen molar-refractivity contribution >= 4 is 5.97 Å². The molecule has 0 atom stereocenters. The van der Waals surface area contributed by atoms with Gasteiger partial charge in [0.15, 0.2) is 6.79 Å². The summed E-state index contributed by atoms with van der Waals surface area (Å²) >= 11 is 0. The molecule has 82 valence electrons. The van der Waals surface area contributed by atoms with Crippen molar-refractivity contribution in [2.75, 3.05) is 46.2 Å². The second-order valence-electron chi connectivity index (χ2n) is 3.02. The first-order valence-corrected chi connectivity index (χ1v) is 4.86. The summed E-state index contributed by atoms with van der Waals surface area (Å²) < 4.78 is 14.9. The zero-order valence-electron chi connectivity index (χ0n) is 8.53. The number of hydrogen-bond acceptors (Lipinski definition) is 5. The Balaban J connectivity index is 2.06. The highest BCUT2D eigenvalue weighted by Crippen LogP contribution is 1.96. The van der Waals surface area contributed by atoms with E-state index in [1.165, 1.54) is 0 Å². The van der Waals surface area contributed by atoms with Gasteiger partial charge in [0, 0.05) is 19.7 Å². The standard InChI is InChI=1S/C9H17NO4/c1-2-12-8-14-9(11)7-10-3-5-13-6-4-10/h2-8H2,1H3. The minimum absolute atomic E-state index is 0.0552. The molecule has 0 saturated carbocycles. The molecule has 5 heteroatoms. The van der Waals surface area contributed by atoms with E-state index in [1.807, 2.05) is 11.8 Å². The Morgan fingerprint density at radius 2 is 2.14 bits per heavy atom. The second-order valence-corrected chi connectivity index (χ2v) is 3.02. The Morgan fingerprint density at radius 3 is 2.79 bits per heavy atom. The number of rotatable bonds is 5. The van der Waals surface area contributed by atoms with Crippen molar-refractivity contribution in [1.29, 1.82) is 0 Å². The molecule has 1 saturated heterocycles. The monoisotopic (exact) mass is 203 g/mol. The summed E-state index contributed by atoms with van der Waals surface area (Å²) in [7, 11) is 0. The molecule has 0 aromatic rings. The Morgan fingerprint density at radius 1 is 1.43 bits per heavy atom. The molecule has 1 aliphatic rings. The predicted molar refractivity (Wildman–Crippen MR) is 49.8 cm³/mol. The summed E-state index contributed by atoms with van der Waals surface area (Å²) in [6.07, 6.45) is 0. The van der Waals surface area contributed by atoms with Crippen molar-refractivity contribution in [2.24, 2.45) is 0 Å². The van der Waals surface area contributed by atoms with Gasteiger partial charge in [-0.15, -0.1) is 0 Å². The highest BCUT2D eigenvalue weighted by Gasteiger charge is 2.14. The van der Waals surface area contributed by atoms with Crippen molar-refractivity contribution in [3.63, 3.8) is 0 Å². The van der Waals surface area contributed by atoms with Gasteiger partial charge in [-0.05, 0) is 6.92 Å². The number of hydrogen-bond donors (Lipinski definition) is 0. The van der Waals surface area contributed by atoms with Crippen molar-refractivity contribution in [3.05, 3.63) is 0 Å². The summed E-state index contributed by atoms with van der Waals surface area (Å²) in [6.45, 7) is 5.78. The van der Waals surface area contributed by atoms with Gasteiger partial charge >= 0.3 is 5.97 Å². The highest BCUT2D eigenvalue weighted by molar-refractivity contribution is 5.71. The van der Waals surface area contributed by atoms with Crippen LogP contribution < -0.4 is 0 Å². The van der Waals surface area contributed by atoms with Crippen molar-refractivity contribution in [3.8, 4) is 0 Å².